The maximum atomic E-state index is 5.24. The van der Waals surface area contributed by atoms with Crippen LogP contribution < -0.4 is 5.32 Å². The van der Waals surface area contributed by atoms with E-state index in [1.807, 2.05) is 11.3 Å². The number of methoxy groups -OCH3 is 2. The maximum absolute atomic E-state index is 5.24. The predicted molar refractivity (Wildman–Crippen MR) is 61.2 cm³/mol. The molecule has 0 radical (unpaired) electrons. The summed E-state index contributed by atoms with van der Waals surface area (Å²) in [6, 6.07) is 2.61. The Bertz CT molecular complexity index is 309. The molecule has 15 heavy (non-hydrogen) atoms. The predicted octanol–water partition coefficient (Wildman–Crippen LogP) is 1.94. The fourth-order valence-electron chi connectivity index (χ4n) is 2.01. The van der Waals surface area contributed by atoms with Crippen molar-refractivity contribution in [3.05, 3.63) is 21.9 Å². The first-order chi connectivity index (χ1) is 7.35. The summed E-state index contributed by atoms with van der Waals surface area (Å²) in [6.07, 6.45) is 1.90. The second-order valence-corrected chi connectivity index (χ2v) is 4.65. The first-order valence-corrected chi connectivity index (χ1v) is 6.08. The van der Waals surface area contributed by atoms with Crippen LogP contribution in [-0.4, -0.2) is 27.1 Å². The fourth-order valence-corrected chi connectivity index (χ4v) is 3.05. The third kappa shape index (κ3) is 2.39. The van der Waals surface area contributed by atoms with Crippen LogP contribution in [0.1, 0.15) is 22.9 Å². The second kappa shape index (κ2) is 5.07. The molecule has 2 rings (SSSR count). The van der Waals surface area contributed by atoms with Gasteiger partial charge in [0, 0.05) is 31.6 Å². The molecule has 1 aromatic heterocycles. The van der Waals surface area contributed by atoms with Crippen molar-refractivity contribution in [2.24, 2.45) is 0 Å². The molecule has 0 amide bonds. The van der Waals surface area contributed by atoms with Gasteiger partial charge in [0.1, 0.15) is 0 Å². The van der Waals surface area contributed by atoms with Gasteiger partial charge in [0.15, 0.2) is 6.29 Å². The van der Waals surface area contributed by atoms with Gasteiger partial charge in [-0.05, 0) is 30.0 Å². The molecule has 0 spiro atoms. The van der Waals surface area contributed by atoms with E-state index < -0.39 is 0 Å². The molecule has 1 N–H and O–H groups in total. The first-order valence-electron chi connectivity index (χ1n) is 5.20. The number of hydrogen-bond acceptors (Lipinski definition) is 4. The first kappa shape index (κ1) is 11.1. The molecule has 1 aliphatic rings. The number of rotatable bonds is 4. The Hall–Kier alpha value is -0.420. The van der Waals surface area contributed by atoms with Crippen LogP contribution >= 0.6 is 11.3 Å². The minimum absolute atomic E-state index is 0.115. The van der Waals surface area contributed by atoms with Crippen molar-refractivity contribution in [1.82, 2.24) is 5.32 Å². The van der Waals surface area contributed by atoms with Crippen LogP contribution in [0.5, 0.6) is 0 Å². The van der Waals surface area contributed by atoms with Gasteiger partial charge in [0.05, 0.1) is 0 Å². The van der Waals surface area contributed by atoms with Crippen LogP contribution in [0.4, 0.5) is 0 Å². The summed E-state index contributed by atoms with van der Waals surface area (Å²) in [7, 11) is 3.37. The van der Waals surface area contributed by atoms with E-state index in [9.17, 15) is 0 Å². The lowest BCUT2D eigenvalue weighted by Gasteiger charge is -2.26. The smallest absolute Gasteiger partial charge is 0.158 e. The van der Waals surface area contributed by atoms with Crippen LogP contribution in [0.3, 0.4) is 0 Å². The average molecular weight is 227 g/mol. The normalized spacial score (nSPS) is 20.6. The Balaban J connectivity index is 2.06. The Kier molecular flexibility index (Phi) is 3.75. The van der Waals surface area contributed by atoms with E-state index in [-0.39, 0.29) is 6.29 Å². The third-order valence-corrected chi connectivity index (χ3v) is 3.91. The molecule has 4 heteroatoms. The zero-order valence-electron chi connectivity index (χ0n) is 9.16. The lowest BCUT2D eigenvalue weighted by Crippen LogP contribution is -2.32. The highest BCUT2D eigenvalue weighted by atomic mass is 32.1. The van der Waals surface area contributed by atoms with E-state index >= 15 is 0 Å². The molecular formula is C11H17NO2S. The summed E-state index contributed by atoms with van der Waals surface area (Å²) in [5.41, 5.74) is 1.48. The minimum atomic E-state index is -0.115. The molecule has 2 heterocycles. The van der Waals surface area contributed by atoms with Crippen LogP contribution in [0.2, 0.25) is 0 Å². The van der Waals surface area contributed by atoms with Gasteiger partial charge in [-0.2, -0.15) is 0 Å². The van der Waals surface area contributed by atoms with E-state index in [0.29, 0.717) is 6.04 Å². The van der Waals surface area contributed by atoms with Gasteiger partial charge < -0.3 is 14.8 Å². The Labute approximate surface area is 94.4 Å². The largest absolute Gasteiger partial charge is 0.356 e. The molecule has 0 fully saturated rings. The summed E-state index contributed by atoms with van der Waals surface area (Å²) in [4.78, 5) is 1.44. The summed E-state index contributed by atoms with van der Waals surface area (Å²) in [6.45, 7) is 1.05. The lowest BCUT2D eigenvalue weighted by atomic mass is 10.0. The molecule has 1 unspecified atom stereocenters. The second-order valence-electron chi connectivity index (χ2n) is 3.70. The fraction of sp³-hybridized carbons (Fsp3) is 0.636. The highest BCUT2D eigenvalue weighted by Crippen LogP contribution is 2.31. The molecule has 1 atom stereocenters. The highest BCUT2D eigenvalue weighted by Gasteiger charge is 2.23. The van der Waals surface area contributed by atoms with Gasteiger partial charge in [-0.15, -0.1) is 11.3 Å². The van der Waals surface area contributed by atoms with Crippen LogP contribution in [0.15, 0.2) is 11.4 Å². The van der Waals surface area contributed by atoms with Crippen LogP contribution in [0.25, 0.3) is 0 Å². The molecule has 1 aliphatic heterocycles. The molecular weight excluding hydrogens is 210 g/mol. The molecule has 0 aromatic carbocycles. The van der Waals surface area contributed by atoms with Crippen molar-refractivity contribution in [2.45, 2.75) is 25.2 Å². The number of ether oxygens (including phenoxy) is 2. The number of thiophene rings is 1. The maximum Gasteiger partial charge on any atom is 0.158 e. The van der Waals surface area contributed by atoms with Gasteiger partial charge in [0.25, 0.3) is 0 Å². The number of nitrogens with one attached hydrogen (secondary N) is 1. The summed E-state index contributed by atoms with van der Waals surface area (Å²) >= 11 is 1.82. The van der Waals surface area contributed by atoms with Gasteiger partial charge >= 0.3 is 0 Å². The van der Waals surface area contributed by atoms with Gasteiger partial charge in [-0.25, -0.2) is 0 Å². The Morgan fingerprint density at radius 3 is 3.07 bits per heavy atom. The van der Waals surface area contributed by atoms with E-state index in [0.717, 1.165) is 19.4 Å². The zero-order chi connectivity index (χ0) is 10.7. The van der Waals surface area contributed by atoms with Gasteiger partial charge in [-0.1, -0.05) is 0 Å². The molecule has 1 aromatic rings. The van der Waals surface area contributed by atoms with Crippen molar-refractivity contribution in [3.63, 3.8) is 0 Å². The number of fused-ring (bicyclic) bond motifs is 1. The highest BCUT2D eigenvalue weighted by molar-refractivity contribution is 7.10. The molecule has 0 bridgehead atoms. The SMILES string of the molecule is COC(CC1NCCc2ccsc21)OC. The molecule has 0 saturated carbocycles. The quantitative estimate of drug-likeness (QED) is 0.797. The van der Waals surface area contributed by atoms with Gasteiger partial charge in [-0.3, -0.25) is 0 Å². The Morgan fingerprint density at radius 2 is 2.33 bits per heavy atom. The van der Waals surface area contributed by atoms with Crippen molar-refractivity contribution in [2.75, 3.05) is 20.8 Å². The van der Waals surface area contributed by atoms with E-state index in [1.54, 1.807) is 14.2 Å². The van der Waals surface area contributed by atoms with E-state index in [4.69, 9.17) is 9.47 Å². The summed E-state index contributed by atoms with van der Waals surface area (Å²) < 4.78 is 10.5. The van der Waals surface area contributed by atoms with Crippen LogP contribution in [0, 0.1) is 0 Å². The molecule has 0 aliphatic carbocycles. The van der Waals surface area contributed by atoms with Gasteiger partial charge in [0.2, 0.25) is 0 Å². The molecule has 84 valence electrons. The third-order valence-electron chi connectivity index (χ3n) is 2.84. The standard InChI is InChI=1S/C11H17NO2S/c1-13-10(14-2)7-9-11-8(3-5-12-9)4-6-15-11/h4,6,9-10,12H,3,5,7H2,1-2H3. The average Bonchev–Trinajstić information content (AvgIpc) is 2.74. The van der Waals surface area contributed by atoms with Crippen molar-refractivity contribution < 1.29 is 9.47 Å². The van der Waals surface area contributed by atoms with E-state index in [1.165, 1.54) is 10.4 Å². The van der Waals surface area contributed by atoms with E-state index in [2.05, 4.69) is 16.8 Å². The molecule has 0 saturated heterocycles. The topological polar surface area (TPSA) is 30.5 Å². The lowest BCUT2D eigenvalue weighted by molar-refractivity contribution is -0.111. The summed E-state index contributed by atoms with van der Waals surface area (Å²) in [5, 5.41) is 5.68. The monoisotopic (exact) mass is 227 g/mol. The minimum Gasteiger partial charge on any atom is -0.356 e. The molecule has 3 nitrogen and oxygen atoms in total. The zero-order valence-corrected chi connectivity index (χ0v) is 9.97. The van der Waals surface area contributed by atoms with Crippen molar-refractivity contribution >= 4 is 11.3 Å². The van der Waals surface area contributed by atoms with Crippen LogP contribution in [-0.2, 0) is 15.9 Å². The summed E-state index contributed by atoms with van der Waals surface area (Å²) in [5.74, 6) is 0. The Morgan fingerprint density at radius 1 is 1.53 bits per heavy atom. The van der Waals surface area contributed by atoms with Crippen molar-refractivity contribution in [1.29, 1.82) is 0 Å². The van der Waals surface area contributed by atoms with Crippen molar-refractivity contribution in [3.8, 4) is 0 Å². The number of hydrogen-bond donors (Lipinski definition) is 1.